The van der Waals surface area contributed by atoms with Crippen LogP contribution in [0.5, 0.6) is 5.75 Å². The Bertz CT molecular complexity index is 1240. The molecule has 1 fully saturated rings. The van der Waals surface area contributed by atoms with Crippen LogP contribution in [0.1, 0.15) is 28.9 Å². The number of hydrogen-bond donors (Lipinski definition) is 3. The second-order valence-electron chi connectivity index (χ2n) is 7.62. The Morgan fingerprint density at radius 2 is 1.97 bits per heavy atom. The first-order valence-corrected chi connectivity index (χ1v) is 10.2. The van der Waals surface area contributed by atoms with E-state index in [0.29, 0.717) is 22.6 Å². The number of nitrogens with one attached hydrogen (secondary N) is 3. The lowest BCUT2D eigenvalue weighted by atomic mass is 10.0. The number of halogens is 1. The number of benzene rings is 1. The van der Waals surface area contributed by atoms with Gasteiger partial charge in [0.05, 0.1) is 30.2 Å². The molecule has 1 aliphatic rings. The number of nitrogens with zero attached hydrogens (tertiary/aromatic N) is 5. The second-order valence-corrected chi connectivity index (χ2v) is 7.62. The molecule has 0 radical (unpaired) electrons. The molecule has 0 saturated heterocycles. The highest BCUT2D eigenvalue weighted by atomic mass is 19.1. The van der Waals surface area contributed by atoms with Gasteiger partial charge in [-0.25, -0.2) is 4.39 Å². The van der Waals surface area contributed by atoms with E-state index in [1.54, 1.807) is 14.0 Å². The Kier molecular flexibility index (Phi) is 5.90. The van der Waals surface area contributed by atoms with Crippen molar-refractivity contribution in [2.75, 3.05) is 24.8 Å². The fourth-order valence-corrected chi connectivity index (χ4v) is 3.35. The SMILES string of the molecule is CNC(=O)c1nnc(NC(=O)C2CC2)cc1Nc1cc(F)c(C)c(-c2cnn(C)n2)c1OC. The maximum absolute atomic E-state index is 14.9. The summed E-state index contributed by atoms with van der Waals surface area (Å²) in [7, 11) is 4.55. The molecule has 1 aromatic carbocycles. The number of methoxy groups -OCH3 is 1. The van der Waals surface area contributed by atoms with Gasteiger partial charge in [-0.1, -0.05) is 0 Å². The Morgan fingerprint density at radius 1 is 1.21 bits per heavy atom. The van der Waals surface area contributed by atoms with Gasteiger partial charge in [0.25, 0.3) is 5.91 Å². The van der Waals surface area contributed by atoms with E-state index in [2.05, 4.69) is 36.3 Å². The van der Waals surface area contributed by atoms with Crippen LogP contribution in [-0.2, 0) is 11.8 Å². The van der Waals surface area contributed by atoms with Crippen LogP contribution in [0.15, 0.2) is 18.3 Å². The van der Waals surface area contributed by atoms with Crippen molar-refractivity contribution >= 4 is 29.0 Å². The van der Waals surface area contributed by atoms with Crippen molar-refractivity contribution in [3.63, 3.8) is 0 Å². The summed E-state index contributed by atoms with van der Waals surface area (Å²) in [4.78, 5) is 25.9. The van der Waals surface area contributed by atoms with Crippen molar-refractivity contribution in [3.8, 4) is 17.0 Å². The van der Waals surface area contributed by atoms with E-state index in [-0.39, 0.29) is 34.7 Å². The first-order chi connectivity index (χ1) is 15.8. The predicted octanol–water partition coefficient (Wildman–Crippen LogP) is 2.18. The minimum atomic E-state index is -0.510. The molecule has 3 aromatic rings. The third-order valence-corrected chi connectivity index (χ3v) is 5.24. The van der Waals surface area contributed by atoms with Crippen LogP contribution in [0, 0.1) is 18.7 Å². The monoisotopic (exact) mass is 454 g/mol. The van der Waals surface area contributed by atoms with Crippen LogP contribution in [0.25, 0.3) is 11.3 Å². The van der Waals surface area contributed by atoms with Gasteiger partial charge in [0.2, 0.25) is 5.91 Å². The zero-order valence-corrected chi connectivity index (χ0v) is 18.6. The molecule has 2 heterocycles. The number of carbonyl (C=O) groups is 2. The lowest BCUT2D eigenvalue weighted by Crippen LogP contribution is -2.22. The number of rotatable bonds is 7. The van der Waals surface area contributed by atoms with E-state index < -0.39 is 11.7 Å². The standard InChI is InChI=1S/C21H23FN8O3/c1-10-12(22)7-14(19(33-4)17(10)15-9-24-30(3)29-15)25-13-8-16(26-20(31)11-5-6-11)27-28-18(13)21(32)23-2/h7-9,11H,5-6H2,1-4H3,(H,23,32)(H2,25,26,27,31). The van der Waals surface area contributed by atoms with Crippen molar-refractivity contribution in [2.45, 2.75) is 19.8 Å². The number of aryl methyl sites for hydroxylation is 1. The molecule has 2 aromatic heterocycles. The van der Waals surface area contributed by atoms with Crippen LogP contribution >= 0.6 is 0 Å². The first kappa shape index (κ1) is 22.1. The zero-order valence-electron chi connectivity index (χ0n) is 18.6. The fraction of sp³-hybridized carbons (Fsp3) is 0.333. The van der Waals surface area contributed by atoms with Gasteiger partial charge < -0.3 is 20.7 Å². The number of aromatic nitrogens is 5. The van der Waals surface area contributed by atoms with Gasteiger partial charge in [-0.05, 0) is 25.3 Å². The van der Waals surface area contributed by atoms with Crippen LogP contribution in [0.2, 0.25) is 0 Å². The third kappa shape index (κ3) is 4.45. The van der Waals surface area contributed by atoms with Crippen molar-refractivity contribution in [1.82, 2.24) is 30.5 Å². The first-order valence-electron chi connectivity index (χ1n) is 10.2. The van der Waals surface area contributed by atoms with Gasteiger partial charge in [0.15, 0.2) is 17.3 Å². The van der Waals surface area contributed by atoms with Crippen molar-refractivity contribution in [3.05, 3.63) is 35.4 Å². The summed E-state index contributed by atoms with van der Waals surface area (Å²) in [6.45, 7) is 1.61. The summed E-state index contributed by atoms with van der Waals surface area (Å²) in [6, 6.07) is 2.72. The lowest BCUT2D eigenvalue weighted by Gasteiger charge is -2.18. The molecule has 3 N–H and O–H groups in total. The third-order valence-electron chi connectivity index (χ3n) is 5.24. The Morgan fingerprint density at radius 3 is 2.58 bits per heavy atom. The van der Waals surface area contributed by atoms with Gasteiger partial charge in [-0.15, -0.1) is 10.2 Å². The second kappa shape index (κ2) is 8.81. The average Bonchev–Trinajstić information content (AvgIpc) is 3.57. The molecule has 0 bridgehead atoms. The molecule has 0 unspecified atom stereocenters. The molecule has 0 aliphatic heterocycles. The topological polar surface area (TPSA) is 136 Å². The average molecular weight is 454 g/mol. The maximum atomic E-state index is 14.9. The van der Waals surface area contributed by atoms with E-state index in [4.69, 9.17) is 4.74 Å². The number of carbonyl (C=O) groups excluding carboxylic acids is 2. The molecule has 0 atom stereocenters. The Balaban J connectivity index is 1.79. The van der Waals surface area contributed by atoms with Gasteiger partial charge in [-0.2, -0.15) is 15.0 Å². The summed E-state index contributed by atoms with van der Waals surface area (Å²) in [6.07, 6.45) is 3.15. The van der Waals surface area contributed by atoms with E-state index in [0.717, 1.165) is 12.8 Å². The summed E-state index contributed by atoms with van der Waals surface area (Å²) < 4.78 is 20.5. The quantitative estimate of drug-likeness (QED) is 0.494. The van der Waals surface area contributed by atoms with Crippen molar-refractivity contribution < 1.29 is 18.7 Å². The van der Waals surface area contributed by atoms with Crippen LogP contribution in [0.4, 0.5) is 21.6 Å². The smallest absolute Gasteiger partial charge is 0.273 e. The van der Waals surface area contributed by atoms with Gasteiger partial charge in [0.1, 0.15) is 11.5 Å². The minimum Gasteiger partial charge on any atom is -0.494 e. The van der Waals surface area contributed by atoms with E-state index in [1.807, 2.05) is 0 Å². The Hall–Kier alpha value is -4.09. The number of hydrogen-bond acceptors (Lipinski definition) is 8. The van der Waals surface area contributed by atoms with Gasteiger partial charge in [0, 0.05) is 32.1 Å². The summed E-state index contributed by atoms with van der Waals surface area (Å²) in [5.74, 6) is -0.745. The molecule has 33 heavy (non-hydrogen) atoms. The van der Waals surface area contributed by atoms with Crippen LogP contribution < -0.4 is 20.7 Å². The van der Waals surface area contributed by atoms with Gasteiger partial charge in [-0.3, -0.25) is 9.59 Å². The molecule has 172 valence electrons. The predicted molar refractivity (Wildman–Crippen MR) is 118 cm³/mol. The molecule has 12 heteroatoms. The highest BCUT2D eigenvalue weighted by molar-refractivity contribution is 6.00. The molecule has 1 saturated carbocycles. The van der Waals surface area contributed by atoms with Gasteiger partial charge >= 0.3 is 0 Å². The summed E-state index contributed by atoms with van der Waals surface area (Å²) >= 11 is 0. The molecule has 4 rings (SSSR count). The highest BCUT2D eigenvalue weighted by Gasteiger charge is 2.30. The van der Waals surface area contributed by atoms with Crippen LogP contribution in [0.3, 0.4) is 0 Å². The Labute approximate surface area is 188 Å². The normalized spacial score (nSPS) is 12.9. The fourth-order valence-electron chi connectivity index (χ4n) is 3.35. The summed E-state index contributed by atoms with van der Waals surface area (Å²) in [5, 5.41) is 24.4. The number of amides is 2. The lowest BCUT2D eigenvalue weighted by molar-refractivity contribution is -0.117. The van der Waals surface area contributed by atoms with Crippen LogP contribution in [-0.4, -0.2) is 51.2 Å². The molecule has 2 amide bonds. The molecular weight excluding hydrogens is 431 g/mol. The molecular formula is C21H23FN8O3. The number of anilines is 3. The van der Waals surface area contributed by atoms with E-state index >= 15 is 0 Å². The maximum Gasteiger partial charge on any atom is 0.273 e. The largest absolute Gasteiger partial charge is 0.494 e. The molecule has 0 spiro atoms. The van der Waals surface area contributed by atoms with E-state index in [9.17, 15) is 14.0 Å². The van der Waals surface area contributed by atoms with E-state index in [1.165, 1.54) is 37.3 Å². The highest BCUT2D eigenvalue weighted by Crippen LogP contribution is 2.41. The summed E-state index contributed by atoms with van der Waals surface area (Å²) in [5.41, 5.74) is 1.58. The zero-order chi connectivity index (χ0) is 23.7. The number of ether oxygens (including phenoxy) is 1. The molecule has 1 aliphatic carbocycles. The minimum absolute atomic E-state index is 0.0361. The van der Waals surface area contributed by atoms with Crippen molar-refractivity contribution in [2.24, 2.45) is 13.0 Å². The molecule has 11 nitrogen and oxygen atoms in total. The van der Waals surface area contributed by atoms with Crippen molar-refractivity contribution in [1.29, 1.82) is 0 Å².